The van der Waals surface area contributed by atoms with Crippen LogP contribution in [-0.4, -0.2) is 66.9 Å². The lowest BCUT2D eigenvalue weighted by Crippen LogP contribution is -2.45. The molecular formula is C22H29N3O6S2. The Morgan fingerprint density at radius 3 is 2.45 bits per heavy atom. The Bertz CT molecular complexity index is 1200. The van der Waals surface area contributed by atoms with Crippen LogP contribution in [0, 0.1) is 11.8 Å². The van der Waals surface area contributed by atoms with E-state index in [-0.39, 0.29) is 18.0 Å². The molecule has 1 aliphatic rings. The van der Waals surface area contributed by atoms with E-state index in [0.29, 0.717) is 30.4 Å². The first-order valence-corrected chi connectivity index (χ1v) is 13.5. The highest BCUT2D eigenvalue weighted by atomic mass is 32.2. The Morgan fingerprint density at radius 2 is 1.79 bits per heavy atom. The molecule has 2 heterocycles. The normalized spacial score (nSPS) is 19.6. The summed E-state index contributed by atoms with van der Waals surface area (Å²) in [5, 5.41) is 0. The van der Waals surface area contributed by atoms with Gasteiger partial charge in [0.25, 0.3) is 5.91 Å². The van der Waals surface area contributed by atoms with Gasteiger partial charge in [-0.3, -0.25) is 14.4 Å². The van der Waals surface area contributed by atoms with Crippen LogP contribution < -0.4 is 4.80 Å². The molecule has 33 heavy (non-hydrogen) atoms. The van der Waals surface area contributed by atoms with Crippen molar-refractivity contribution in [1.29, 1.82) is 0 Å². The summed E-state index contributed by atoms with van der Waals surface area (Å²) in [6.45, 7) is 6.86. The maximum atomic E-state index is 12.6. The minimum absolute atomic E-state index is 0.152. The fourth-order valence-corrected chi connectivity index (χ4v) is 6.27. The van der Waals surface area contributed by atoms with Crippen molar-refractivity contribution in [2.45, 2.75) is 33.7 Å². The molecule has 1 aromatic carbocycles. The molecule has 0 saturated carbocycles. The molecule has 180 valence electrons. The number of para-hydroxylation sites is 1. The second kappa shape index (κ2) is 10.6. The molecule has 2 amide bonds. The van der Waals surface area contributed by atoms with E-state index < -0.39 is 39.1 Å². The van der Waals surface area contributed by atoms with Crippen molar-refractivity contribution in [1.82, 2.24) is 9.47 Å². The fraction of sp³-hybridized carbons (Fsp3) is 0.545. The quantitative estimate of drug-likeness (QED) is 0.539. The molecule has 9 nitrogen and oxygen atoms in total. The number of piperidine rings is 1. The first-order chi connectivity index (χ1) is 15.6. The van der Waals surface area contributed by atoms with E-state index in [0.717, 1.165) is 11.1 Å². The number of thiazole rings is 1. The predicted molar refractivity (Wildman–Crippen MR) is 125 cm³/mol. The van der Waals surface area contributed by atoms with Crippen LogP contribution >= 0.6 is 11.3 Å². The number of carbonyl (C=O) groups excluding carboxylic acids is 3. The third-order valence-electron chi connectivity index (χ3n) is 5.31. The van der Waals surface area contributed by atoms with Gasteiger partial charge >= 0.3 is 5.97 Å². The van der Waals surface area contributed by atoms with Crippen molar-refractivity contribution >= 4 is 49.2 Å². The number of benzene rings is 1. The summed E-state index contributed by atoms with van der Waals surface area (Å²) >= 11 is 1.17. The van der Waals surface area contributed by atoms with E-state index in [2.05, 4.69) is 4.99 Å². The standard InChI is InChI=1S/C22H29N3O6S2/c1-4-31-21(28)12-25-17-7-5-6-8-18(17)32-22(25)23-19(26)13-33(29,30)14-20(27)24-10-15(2)9-16(3)11-24/h5-8,15-16H,4,9-14H2,1-3H3. The van der Waals surface area contributed by atoms with Crippen molar-refractivity contribution < 1.29 is 27.5 Å². The van der Waals surface area contributed by atoms with Gasteiger partial charge in [-0.15, -0.1) is 0 Å². The van der Waals surface area contributed by atoms with Crippen LogP contribution in [0.4, 0.5) is 0 Å². The van der Waals surface area contributed by atoms with Crippen molar-refractivity contribution in [3.8, 4) is 0 Å². The number of sulfone groups is 1. The second-order valence-corrected chi connectivity index (χ2v) is 11.6. The number of fused-ring (bicyclic) bond motifs is 1. The zero-order chi connectivity index (χ0) is 24.2. The Morgan fingerprint density at radius 1 is 1.12 bits per heavy atom. The van der Waals surface area contributed by atoms with E-state index in [1.54, 1.807) is 24.0 Å². The van der Waals surface area contributed by atoms with Crippen LogP contribution in [0.3, 0.4) is 0 Å². The number of nitrogens with zero attached hydrogens (tertiary/aromatic N) is 3. The third-order valence-corrected chi connectivity index (χ3v) is 7.74. The van der Waals surface area contributed by atoms with Crippen LogP contribution in [0.2, 0.25) is 0 Å². The average molecular weight is 496 g/mol. The molecule has 0 aliphatic carbocycles. The first kappa shape index (κ1) is 25.1. The SMILES string of the molecule is CCOC(=O)Cn1c(=NC(=O)CS(=O)(=O)CC(=O)N2CC(C)CC(C)C2)sc2ccccc21. The molecule has 0 N–H and O–H groups in total. The van der Waals surface area contributed by atoms with E-state index in [1.165, 1.54) is 15.9 Å². The summed E-state index contributed by atoms with van der Waals surface area (Å²) in [7, 11) is -3.99. The van der Waals surface area contributed by atoms with Gasteiger partial charge in [0.05, 0.1) is 16.8 Å². The molecule has 0 bridgehead atoms. The molecule has 2 atom stereocenters. The van der Waals surface area contributed by atoms with E-state index in [9.17, 15) is 22.8 Å². The first-order valence-electron chi connectivity index (χ1n) is 10.9. The summed E-state index contributed by atoms with van der Waals surface area (Å²) in [4.78, 5) is 42.9. The lowest BCUT2D eigenvalue weighted by Gasteiger charge is -2.34. The summed E-state index contributed by atoms with van der Waals surface area (Å²) in [5.41, 5.74) is 0.688. The number of aromatic nitrogens is 1. The number of amides is 2. The van der Waals surface area contributed by atoms with Crippen molar-refractivity contribution in [3.63, 3.8) is 0 Å². The lowest BCUT2D eigenvalue weighted by molar-refractivity contribution is -0.143. The number of esters is 1. The average Bonchev–Trinajstić information content (AvgIpc) is 3.03. The molecule has 3 rings (SSSR count). The lowest BCUT2D eigenvalue weighted by atomic mass is 9.92. The second-order valence-electron chi connectivity index (χ2n) is 8.53. The fourth-order valence-electron chi connectivity index (χ4n) is 4.12. The van der Waals surface area contributed by atoms with E-state index >= 15 is 0 Å². The number of carbonyl (C=O) groups is 3. The number of hydrogen-bond donors (Lipinski definition) is 0. The van der Waals surface area contributed by atoms with Crippen molar-refractivity contribution in [3.05, 3.63) is 29.1 Å². The van der Waals surface area contributed by atoms with Gasteiger partial charge in [0.15, 0.2) is 14.6 Å². The molecule has 0 radical (unpaired) electrons. The topological polar surface area (TPSA) is 115 Å². The van der Waals surface area contributed by atoms with Gasteiger partial charge in [0, 0.05) is 13.1 Å². The maximum absolute atomic E-state index is 12.6. The molecule has 2 aromatic rings. The molecule has 0 spiro atoms. The van der Waals surface area contributed by atoms with Gasteiger partial charge < -0.3 is 14.2 Å². The highest BCUT2D eigenvalue weighted by molar-refractivity contribution is 7.92. The highest BCUT2D eigenvalue weighted by Gasteiger charge is 2.29. The summed E-state index contributed by atoms with van der Waals surface area (Å²) in [6.07, 6.45) is 0.995. The predicted octanol–water partition coefficient (Wildman–Crippen LogP) is 1.61. The van der Waals surface area contributed by atoms with Gasteiger partial charge in [-0.05, 0) is 37.3 Å². The van der Waals surface area contributed by atoms with Crippen LogP contribution in [0.5, 0.6) is 0 Å². The highest BCUT2D eigenvalue weighted by Crippen LogP contribution is 2.21. The minimum Gasteiger partial charge on any atom is -0.465 e. The molecule has 1 aliphatic heterocycles. The number of rotatable bonds is 7. The Balaban J connectivity index is 1.78. The van der Waals surface area contributed by atoms with Gasteiger partial charge in [-0.1, -0.05) is 37.3 Å². The van der Waals surface area contributed by atoms with Crippen LogP contribution in [-0.2, 0) is 35.5 Å². The minimum atomic E-state index is -3.99. The number of likely N-dealkylation sites (tertiary alicyclic amines) is 1. The summed E-state index contributed by atoms with van der Waals surface area (Å²) in [5.74, 6) is -2.83. The van der Waals surface area contributed by atoms with Gasteiger partial charge in [0.2, 0.25) is 5.91 Å². The molecule has 1 aromatic heterocycles. The monoisotopic (exact) mass is 495 g/mol. The molecule has 1 fully saturated rings. The molecule has 2 unspecified atom stereocenters. The van der Waals surface area contributed by atoms with Gasteiger partial charge in [0.1, 0.15) is 18.1 Å². The zero-order valence-electron chi connectivity index (χ0n) is 19.0. The summed E-state index contributed by atoms with van der Waals surface area (Å²) in [6, 6.07) is 7.21. The summed E-state index contributed by atoms with van der Waals surface area (Å²) < 4.78 is 32.4. The van der Waals surface area contributed by atoms with Crippen molar-refractivity contribution in [2.75, 3.05) is 31.2 Å². The largest absolute Gasteiger partial charge is 0.465 e. The van der Waals surface area contributed by atoms with E-state index in [4.69, 9.17) is 4.74 Å². The van der Waals surface area contributed by atoms with Crippen LogP contribution in [0.25, 0.3) is 10.2 Å². The molecular weight excluding hydrogens is 466 g/mol. The smallest absolute Gasteiger partial charge is 0.326 e. The van der Waals surface area contributed by atoms with Gasteiger partial charge in [-0.2, -0.15) is 4.99 Å². The number of ether oxygens (including phenoxy) is 1. The molecule has 1 saturated heterocycles. The third kappa shape index (κ3) is 6.73. The Hall–Kier alpha value is -2.53. The maximum Gasteiger partial charge on any atom is 0.326 e. The van der Waals surface area contributed by atoms with Crippen molar-refractivity contribution in [2.24, 2.45) is 16.8 Å². The molecule has 11 heteroatoms. The Labute approximate surface area is 197 Å². The zero-order valence-corrected chi connectivity index (χ0v) is 20.7. The van der Waals surface area contributed by atoms with Crippen LogP contribution in [0.1, 0.15) is 27.2 Å². The Kier molecular flexibility index (Phi) is 8.06. The number of hydrogen-bond acceptors (Lipinski definition) is 7. The van der Waals surface area contributed by atoms with Crippen LogP contribution in [0.15, 0.2) is 29.3 Å². The van der Waals surface area contributed by atoms with Gasteiger partial charge in [-0.25, -0.2) is 8.42 Å². The van der Waals surface area contributed by atoms with E-state index in [1.807, 2.05) is 26.0 Å².